The summed E-state index contributed by atoms with van der Waals surface area (Å²) in [6.07, 6.45) is 1.68. The van der Waals surface area contributed by atoms with Crippen LogP contribution in [0.15, 0.2) is 67.0 Å². The summed E-state index contributed by atoms with van der Waals surface area (Å²) in [6, 6.07) is 11.4. The van der Waals surface area contributed by atoms with Crippen LogP contribution in [0.25, 0.3) is 11.0 Å². The molecule has 8 nitrogen and oxygen atoms in total. The van der Waals surface area contributed by atoms with Gasteiger partial charge in [-0.3, -0.25) is 4.79 Å². The molecule has 2 N–H and O–H groups in total. The van der Waals surface area contributed by atoms with Gasteiger partial charge in [-0.15, -0.1) is 0 Å². The van der Waals surface area contributed by atoms with Crippen LogP contribution in [0.2, 0.25) is 0 Å². The lowest BCUT2D eigenvalue weighted by Crippen LogP contribution is -2.15. The van der Waals surface area contributed by atoms with Gasteiger partial charge in [0.25, 0.3) is 10.0 Å². The van der Waals surface area contributed by atoms with Crippen molar-refractivity contribution >= 4 is 54.4 Å². The Balaban J connectivity index is 1.44. The zero-order valence-electron chi connectivity index (χ0n) is 16.6. The van der Waals surface area contributed by atoms with Crippen molar-refractivity contribution in [1.29, 1.82) is 0 Å². The average Bonchev–Trinajstić information content (AvgIpc) is 3.26. The molecule has 0 saturated carbocycles. The summed E-state index contributed by atoms with van der Waals surface area (Å²) in [5.41, 5.74) is 3.16. The highest BCUT2D eigenvalue weighted by Crippen LogP contribution is 2.26. The Morgan fingerprint density at radius 2 is 1.87 bits per heavy atom. The highest BCUT2D eigenvalue weighted by molar-refractivity contribution is 9.10. The number of carbonyl (C=O) groups excluding carboxylic acids is 1. The summed E-state index contributed by atoms with van der Waals surface area (Å²) in [6.45, 7) is 3.43. The lowest BCUT2D eigenvalue weighted by Gasteiger charge is -2.08. The first-order valence-electron chi connectivity index (χ1n) is 9.24. The van der Waals surface area contributed by atoms with Gasteiger partial charge in [-0.2, -0.15) is 0 Å². The van der Waals surface area contributed by atoms with Crippen LogP contribution in [0.3, 0.4) is 0 Å². The first-order chi connectivity index (χ1) is 14.7. The summed E-state index contributed by atoms with van der Waals surface area (Å²) in [5, 5.41) is 7.36. The van der Waals surface area contributed by atoms with Crippen molar-refractivity contribution in [2.24, 2.45) is 0 Å². The smallest absolute Gasteiger partial charge is 0.264 e. The number of sulfonamides is 1. The van der Waals surface area contributed by atoms with E-state index in [9.17, 15) is 13.2 Å². The second-order valence-corrected chi connectivity index (χ2v) is 9.58. The van der Waals surface area contributed by atoms with Gasteiger partial charge in [-0.25, -0.2) is 13.1 Å². The Hall–Kier alpha value is -3.11. The van der Waals surface area contributed by atoms with Crippen LogP contribution in [0, 0.1) is 13.8 Å². The van der Waals surface area contributed by atoms with E-state index in [1.165, 1.54) is 24.3 Å². The number of nitrogens with one attached hydrogen (secondary N) is 2. The number of anilines is 2. The number of rotatable bonds is 6. The van der Waals surface area contributed by atoms with Gasteiger partial charge in [0.15, 0.2) is 0 Å². The van der Waals surface area contributed by atoms with Crippen LogP contribution in [-0.2, 0) is 21.2 Å². The second-order valence-electron chi connectivity index (χ2n) is 6.98. The second kappa shape index (κ2) is 8.20. The maximum atomic E-state index is 12.6. The Morgan fingerprint density at radius 3 is 2.55 bits per heavy atom. The number of aromatic nitrogens is 1. The van der Waals surface area contributed by atoms with E-state index in [4.69, 9.17) is 8.94 Å². The monoisotopic (exact) mass is 503 g/mol. The number of amides is 1. The van der Waals surface area contributed by atoms with Crippen LogP contribution < -0.4 is 10.0 Å². The molecule has 0 bridgehead atoms. The summed E-state index contributed by atoms with van der Waals surface area (Å²) in [4.78, 5) is 12.5. The summed E-state index contributed by atoms with van der Waals surface area (Å²) >= 11 is 3.41. The Labute approximate surface area is 186 Å². The average molecular weight is 504 g/mol. The molecule has 0 atom stereocenters. The van der Waals surface area contributed by atoms with Gasteiger partial charge in [0.2, 0.25) is 11.8 Å². The Kier molecular flexibility index (Phi) is 5.59. The first kappa shape index (κ1) is 21.1. The lowest BCUT2D eigenvalue weighted by atomic mass is 10.1. The van der Waals surface area contributed by atoms with Crippen molar-refractivity contribution in [1.82, 2.24) is 5.16 Å². The molecule has 0 spiro atoms. The zero-order chi connectivity index (χ0) is 22.2. The van der Waals surface area contributed by atoms with E-state index in [0.29, 0.717) is 22.5 Å². The fourth-order valence-electron chi connectivity index (χ4n) is 2.98. The van der Waals surface area contributed by atoms with E-state index in [1.54, 1.807) is 20.1 Å². The van der Waals surface area contributed by atoms with Gasteiger partial charge in [-0.05, 0) is 56.3 Å². The van der Waals surface area contributed by atoms with Gasteiger partial charge in [0, 0.05) is 26.7 Å². The van der Waals surface area contributed by atoms with Crippen LogP contribution >= 0.6 is 15.9 Å². The van der Waals surface area contributed by atoms with Gasteiger partial charge in [-0.1, -0.05) is 21.1 Å². The van der Waals surface area contributed by atoms with Crippen LogP contribution in [-0.4, -0.2) is 19.5 Å². The maximum absolute atomic E-state index is 12.6. The minimum atomic E-state index is -3.85. The molecule has 160 valence electrons. The van der Waals surface area contributed by atoms with E-state index < -0.39 is 10.0 Å². The maximum Gasteiger partial charge on any atom is 0.264 e. The summed E-state index contributed by atoms with van der Waals surface area (Å²) in [7, 11) is -3.85. The first-order valence-corrected chi connectivity index (χ1v) is 11.5. The predicted octanol–water partition coefficient (Wildman–Crippen LogP) is 4.78. The molecule has 4 aromatic rings. The third kappa shape index (κ3) is 4.49. The number of hydrogen-bond acceptors (Lipinski definition) is 6. The molecule has 2 heterocycles. The van der Waals surface area contributed by atoms with Gasteiger partial charge in [0.1, 0.15) is 5.58 Å². The topological polar surface area (TPSA) is 114 Å². The summed E-state index contributed by atoms with van der Waals surface area (Å²) < 4.78 is 38.9. The molecule has 0 saturated heterocycles. The van der Waals surface area contributed by atoms with Crippen LogP contribution in [0.4, 0.5) is 11.6 Å². The SMILES string of the molecule is Cc1noc(NS(=O)(=O)c2ccc(NC(=O)Cc3coc4ccc(Br)cc34)cc2)c1C. The fraction of sp³-hybridized carbons (Fsp3) is 0.143. The number of fused-ring (bicyclic) bond motifs is 1. The van der Waals surface area contributed by atoms with E-state index in [2.05, 4.69) is 31.1 Å². The van der Waals surface area contributed by atoms with Crippen molar-refractivity contribution in [3.63, 3.8) is 0 Å². The van der Waals surface area contributed by atoms with Gasteiger partial charge in [0.05, 0.1) is 23.3 Å². The van der Waals surface area contributed by atoms with E-state index in [1.807, 2.05) is 18.2 Å². The van der Waals surface area contributed by atoms with Crippen molar-refractivity contribution in [2.45, 2.75) is 25.2 Å². The van der Waals surface area contributed by atoms with E-state index >= 15 is 0 Å². The number of aryl methyl sites for hydroxylation is 1. The molecule has 0 unspecified atom stereocenters. The molecule has 0 fully saturated rings. The molecule has 0 aliphatic heterocycles. The lowest BCUT2D eigenvalue weighted by molar-refractivity contribution is -0.115. The number of halogens is 1. The van der Waals surface area contributed by atoms with E-state index in [-0.39, 0.29) is 23.1 Å². The molecule has 0 aliphatic rings. The normalized spacial score (nSPS) is 11.6. The fourth-order valence-corrected chi connectivity index (χ4v) is 4.39. The molecular formula is C21H18BrN3O5S. The third-order valence-electron chi connectivity index (χ3n) is 4.80. The van der Waals surface area contributed by atoms with Crippen molar-refractivity contribution in [2.75, 3.05) is 10.0 Å². The molecule has 2 aromatic heterocycles. The molecule has 0 radical (unpaired) electrons. The molecule has 0 aliphatic carbocycles. The quantitative estimate of drug-likeness (QED) is 0.391. The van der Waals surface area contributed by atoms with Crippen molar-refractivity contribution in [3.8, 4) is 0 Å². The number of carbonyl (C=O) groups is 1. The van der Waals surface area contributed by atoms with Gasteiger partial charge < -0.3 is 14.3 Å². The Morgan fingerprint density at radius 1 is 1.13 bits per heavy atom. The Bertz CT molecular complexity index is 1370. The van der Waals surface area contributed by atoms with Crippen LogP contribution in [0.5, 0.6) is 0 Å². The molecule has 1 amide bonds. The standard InChI is InChI=1S/C21H18BrN3O5S/c1-12-13(2)24-30-21(12)25-31(27,28)17-6-4-16(5-7-17)23-20(26)9-14-11-29-19-8-3-15(22)10-18(14)19/h3-8,10-11,25H,9H2,1-2H3,(H,23,26). The molecule has 2 aromatic carbocycles. The highest BCUT2D eigenvalue weighted by Gasteiger charge is 2.19. The van der Waals surface area contributed by atoms with Crippen molar-refractivity contribution < 1.29 is 22.2 Å². The third-order valence-corrected chi connectivity index (χ3v) is 6.64. The number of hydrogen-bond donors (Lipinski definition) is 2. The summed E-state index contributed by atoms with van der Waals surface area (Å²) in [5.74, 6) is -0.168. The zero-order valence-corrected chi connectivity index (χ0v) is 19.0. The number of benzene rings is 2. The van der Waals surface area contributed by atoms with E-state index in [0.717, 1.165) is 15.4 Å². The minimum absolute atomic E-state index is 0.0321. The molecular weight excluding hydrogens is 486 g/mol. The van der Waals surface area contributed by atoms with Crippen LogP contribution in [0.1, 0.15) is 16.8 Å². The molecule has 31 heavy (non-hydrogen) atoms. The number of nitrogens with zero attached hydrogens (tertiary/aromatic N) is 1. The predicted molar refractivity (Wildman–Crippen MR) is 119 cm³/mol. The number of furan rings is 1. The van der Waals surface area contributed by atoms with Gasteiger partial charge >= 0.3 is 0 Å². The molecule has 10 heteroatoms. The minimum Gasteiger partial charge on any atom is -0.464 e. The highest BCUT2D eigenvalue weighted by atomic mass is 79.9. The largest absolute Gasteiger partial charge is 0.464 e. The molecule has 4 rings (SSSR count). The van der Waals surface area contributed by atoms with Crippen molar-refractivity contribution in [3.05, 3.63) is 70.0 Å².